The van der Waals surface area contributed by atoms with Crippen LogP contribution in [0.15, 0.2) is 52.0 Å². The average molecular weight is 294 g/mol. The largest absolute Gasteiger partial charge is 0.370 e. The first-order valence-corrected chi connectivity index (χ1v) is 5.62. The van der Waals surface area contributed by atoms with E-state index in [4.69, 9.17) is 11.5 Å². The molecule has 0 fully saturated rings. The molecule has 0 spiro atoms. The van der Waals surface area contributed by atoms with Crippen molar-refractivity contribution in [2.45, 2.75) is 0 Å². The Hall–Kier alpha value is -1.88. The maximum Gasteiger partial charge on any atom is 0.272 e. The summed E-state index contributed by atoms with van der Waals surface area (Å²) in [7, 11) is 0. The minimum Gasteiger partial charge on any atom is -0.370 e. The number of nitrogens with zero attached hydrogens (tertiary/aromatic N) is 1. The second-order valence-electron chi connectivity index (χ2n) is 3.11. The van der Waals surface area contributed by atoms with Crippen molar-refractivity contribution in [1.29, 1.82) is 0 Å². The summed E-state index contributed by atoms with van der Waals surface area (Å²) in [6.45, 7) is 0. The Kier molecular flexibility index (Phi) is 5.16. The molecule has 1 amide bonds. The Balaban J connectivity index is 2.63. The molecule has 0 heterocycles. The van der Waals surface area contributed by atoms with Crippen molar-refractivity contribution in [3.05, 3.63) is 52.5 Å². The quantitative estimate of drug-likeness (QED) is 0.386. The van der Waals surface area contributed by atoms with Crippen LogP contribution < -0.4 is 11.5 Å². The lowest BCUT2D eigenvalue weighted by Crippen LogP contribution is -2.23. The van der Waals surface area contributed by atoms with Gasteiger partial charge in [-0.1, -0.05) is 52.4 Å². The predicted octanol–water partition coefficient (Wildman–Crippen LogP) is 1.82. The van der Waals surface area contributed by atoms with Crippen molar-refractivity contribution in [3.8, 4) is 0 Å². The van der Waals surface area contributed by atoms with E-state index in [-0.39, 0.29) is 5.96 Å². The zero-order valence-electron chi connectivity index (χ0n) is 9.01. The summed E-state index contributed by atoms with van der Waals surface area (Å²) < 4.78 is 0.986. The van der Waals surface area contributed by atoms with Crippen LogP contribution in [0, 0.1) is 0 Å². The van der Waals surface area contributed by atoms with E-state index in [2.05, 4.69) is 20.9 Å². The summed E-state index contributed by atoms with van der Waals surface area (Å²) >= 11 is 3.41. The molecule has 0 radical (unpaired) electrons. The van der Waals surface area contributed by atoms with Gasteiger partial charge in [0.2, 0.25) is 0 Å². The zero-order chi connectivity index (χ0) is 12.7. The number of nitrogens with two attached hydrogens (primary N) is 2. The summed E-state index contributed by atoms with van der Waals surface area (Å²) in [5.41, 5.74) is 11.1. The van der Waals surface area contributed by atoms with Crippen molar-refractivity contribution in [2.75, 3.05) is 0 Å². The highest BCUT2D eigenvalue weighted by Crippen LogP contribution is 2.16. The molecule has 4 nitrogen and oxygen atoms in total. The highest BCUT2D eigenvalue weighted by atomic mass is 79.9. The van der Waals surface area contributed by atoms with Gasteiger partial charge in [-0.3, -0.25) is 4.79 Å². The molecule has 0 aromatic heterocycles. The van der Waals surface area contributed by atoms with Crippen LogP contribution in [0.5, 0.6) is 0 Å². The number of allylic oxidation sites excluding steroid dienone is 2. The molecule has 0 aliphatic carbocycles. The highest BCUT2D eigenvalue weighted by molar-refractivity contribution is 9.10. The average Bonchev–Trinajstić information content (AvgIpc) is 2.25. The first kappa shape index (κ1) is 13.2. The van der Waals surface area contributed by atoms with Gasteiger partial charge < -0.3 is 11.5 Å². The van der Waals surface area contributed by atoms with Gasteiger partial charge in [-0.15, -0.1) is 0 Å². The van der Waals surface area contributed by atoms with E-state index in [1.807, 2.05) is 30.3 Å². The molecule has 0 bridgehead atoms. The number of hydrogen-bond acceptors (Lipinski definition) is 1. The Labute approximate surface area is 108 Å². The van der Waals surface area contributed by atoms with E-state index < -0.39 is 5.91 Å². The Bertz CT molecular complexity index is 488. The van der Waals surface area contributed by atoms with Crippen LogP contribution in [0.2, 0.25) is 0 Å². The van der Waals surface area contributed by atoms with Crippen LogP contribution in [-0.4, -0.2) is 11.9 Å². The number of aliphatic imine (C=N–C) groups is 1. The van der Waals surface area contributed by atoms with Gasteiger partial charge in [0.05, 0.1) is 0 Å². The third-order valence-corrected chi connectivity index (χ3v) is 2.49. The standard InChI is InChI=1S/C12H12BrN3O/c13-10-7-3-1-5-9(10)6-2-4-8-11(17)16-12(14)15/h1-8H,(H4,14,15,16,17)/b6-2+,8-4+. The van der Waals surface area contributed by atoms with E-state index in [1.165, 1.54) is 6.08 Å². The normalized spacial score (nSPS) is 10.9. The summed E-state index contributed by atoms with van der Waals surface area (Å²) in [6.07, 6.45) is 6.46. The molecule has 1 aromatic rings. The Morgan fingerprint density at radius 2 is 1.94 bits per heavy atom. The number of hydrogen-bond donors (Lipinski definition) is 2. The zero-order valence-corrected chi connectivity index (χ0v) is 10.6. The van der Waals surface area contributed by atoms with Crippen molar-refractivity contribution in [3.63, 3.8) is 0 Å². The number of carbonyl (C=O) groups is 1. The highest BCUT2D eigenvalue weighted by Gasteiger charge is 1.92. The molecule has 0 atom stereocenters. The SMILES string of the molecule is NC(N)=NC(=O)/C=C/C=C/c1ccccc1Br. The molecule has 0 aliphatic heterocycles. The molecule has 0 saturated carbocycles. The topological polar surface area (TPSA) is 81.5 Å². The fourth-order valence-corrected chi connectivity index (χ4v) is 1.49. The molecule has 0 aliphatic rings. The van der Waals surface area contributed by atoms with Crippen molar-refractivity contribution < 1.29 is 4.79 Å². The van der Waals surface area contributed by atoms with E-state index in [0.717, 1.165) is 10.0 Å². The summed E-state index contributed by atoms with van der Waals surface area (Å²) in [5, 5.41) is 0. The lowest BCUT2D eigenvalue weighted by molar-refractivity contribution is -0.113. The number of halogens is 1. The lowest BCUT2D eigenvalue weighted by Gasteiger charge is -1.94. The number of carbonyl (C=O) groups excluding carboxylic acids is 1. The van der Waals surface area contributed by atoms with Crippen LogP contribution in [0.4, 0.5) is 0 Å². The van der Waals surface area contributed by atoms with Gasteiger partial charge in [0, 0.05) is 10.5 Å². The molecule has 17 heavy (non-hydrogen) atoms. The molecule has 1 rings (SSSR count). The van der Waals surface area contributed by atoms with Crippen LogP contribution in [-0.2, 0) is 4.79 Å². The molecule has 0 unspecified atom stereocenters. The summed E-state index contributed by atoms with van der Waals surface area (Å²) in [4.78, 5) is 14.4. The molecule has 1 aromatic carbocycles. The van der Waals surface area contributed by atoms with Gasteiger partial charge in [0.15, 0.2) is 5.96 Å². The van der Waals surface area contributed by atoms with Gasteiger partial charge in [-0.25, -0.2) is 0 Å². The van der Waals surface area contributed by atoms with E-state index in [0.29, 0.717) is 0 Å². The third kappa shape index (κ3) is 5.12. The molecule has 88 valence electrons. The van der Waals surface area contributed by atoms with Crippen molar-refractivity contribution >= 4 is 33.9 Å². The van der Waals surface area contributed by atoms with Crippen LogP contribution in [0.3, 0.4) is 0 Å². The molecule has 4 N–H and O–H groups in total. The maximum atomic E-state index is 11.1. The monoisotopic (exact) mass is 293 g/mol. The molecule has 0 saturated heterocycles. The van der Waals surface area contributed by atoms with Gasteiger partial charge in [-0.05, 0) is 11.6 Å². The lowest BCUT2D eigenvalue weighted by atomic mass is 10.2. The van der Waals surface area contributed by atoms with Crippen molar-refractivity contribution in [2.24, 2.45) is 16.5 Å². The van der Waals surface area contributed by atoms with Crippen LogP contribution >= 0.6 is 15.9 Å². The molecule has 5 heteroatoms. The molecular weight excluding hydrogens is 282 g/mol. The summed E-state index contributed by atoms with van der Waals surface area (Å²) in [6, 6.07) is 7.75. The number of benzene rings is 1. The van der Waals surface area contributed by atoms with Gasteiger partial charge in [0.1, 0.15) is 0 Å². The summed E-state index contributed by atoms with van der Waals surface area (Å²) in [5.74, 6) is -0.726. The molecular formula is C12H12BrN3O. The maximum absolute atomic E-state index is 11.1. The van der Waals surface area contributed by atoms with Gasteiger partial charge >= 0.3 is 0 Å². The number of guanidine groups is 1. The van der Waals surface area contributed by atoms with Crippen LogP contribution in [0.25, 0.3) is 6.08 Å². The number of rotatable bonds is 3. The van der Waals surface area contributed by atoms with Crippen molar-refractivity contribution in [1.82, 2.24) is 0 Å². The fraction of sp³-hybridized carbons (Fsp3) is 0. The predicted molar refractivity (Wildman–Crippen MR) is 73.1 cm³/mol. The first-order chi connectivity index (χ1) is 8.09. The smallest absolute Gasteiger partial charge is 0.272 e. The van der Waals surface area contributed by atoms with Crippen LogP contribution in [0.1, 0.15) is 5.56 Å². The Morgan fingerprint density at radius 3 is 2.59 bits per heavy atom. The van der Waals surface area contributed by atoms with E-state index in [9.17, 15) is 4.79 Å². The minimum absolute atomic E-state index is 0.241. The number of amides is 1. The third-order valence-electron chi connectivity index (χ3n) is 1.77. The van der Waals surface area contributed by atoms with E-state index in [1.54, 1.807) is 12.2 Å². The Morgan fingerprint density at radius 1 is 1.24 bits per heavy atom. The fourth-order valence-electron chi connectivity index (χ4n) is 1.07. The van der Waals surface area contributed by atoms with E-state index >= 15 is 0 Å². The van der Waals surface area contributed by atoms with Gasteiger partial charge in [-0.2, -0.15) is 4.99 Å². The second kappa shape index (κ2) is 6.65. The second-order valence-corrected chi connectivity index (χ2v) is 3.97. The van der Waals surface area contributed by atoms with Gasteiger partial charge in [0.25, 0.3) is 5.91 Å². The first-order valence-electron chi connectivity index (χ1n) is 4.82. The minimum atomic E-state index is -0.484.